The van der Waals surface area contributed by atoms with Crippen molar-refractivity contribution in [2.75, 3.05) is 6.61 Å². The van der Waals surface area contributed by atoms with Crippen LogP contribution >= 0.6 is 43.5 Å². The first-order chi connectivity index (χ1) is 20.3. The van der Waals surface area contributed by atoms with Gasteiger partial charge in [0.05, 0.1) is 28.6 Å². The van der Waals surface area contributed by atoms with Gasteiger partial charge in [-0.25, -0.2) is 4.98 Å². The fourth-order valence-electron chi connectivity index (χ4n) is 4.99. The van der Waals surface area contributed by atoms with Gasteiger partial charge < -0.3 is 9.47 Å². The molecular weight excluding hydrogens is 692 g/mol. The predicted molar refractivity (Wildman–Crippen MR) is 170 cm³/mol. The van der Waals surface area contributed by atoms with Crippen molar-refractivity contribution in [3.05, 3.63) is 99.9 Å². The molecule has 0 radical (unpaired) electrons. The van der Waals surface area contributed by atoms with Crippen LogP contribution in [-0.4, -0.2) is 27.4 Å². The Labute approximate surface area is 263 Å². The number of nitro groups is 1. The monoisotopic (exact) mass is 716 g/mol. The fraction of sp³-hybridized carbons (Fsp3) is 0.300. The minimum absolute atomic E-state index is 0.00169. The van der Waals surface area contributed by atoms with E-state index in [0.29, 0.717) is 44.9 Å². The van der Waals surface area contributed by atoms with Crippen LogP contribution in [0.15, 0.2) is 67.4 Å². The molecule has 3 aromatic carbocycles. The molecule has 0 aliphatic heterocycles. The molecule has 1 heterocycles. The number of fused-ring (bicyclic) bond motifs is 1. The molecule has 1 aliphatic rings. The minimum Gasteiger partial charge on any atom is -0.490 e. The maximum absolute atomic E-state index is 13.7. The number of non-ortho nitro benzene ring substituents is 1. The number of ether oxygens (including phenoxy) is 2. The molecule has 0 atom stereocenters. The zero-order valence-electron chi connectivity index (χ0n) is 22.7. The average Bonchev–Trinajstić information content (AvgIpc) is 2.99. The second-order valence-corrected chi connectivity index (χ2v) is 12.0. The Morgan fingerprint density at radius 3 is 2.55 bits per heavy atom. The van der Waals surface area contributed by atoms with Gasteiger partial charge in [-0.05, 0) is 77.7 Å². The molecule has 0 spiro atoms. The molecule has 42 heavy (non-hydrogen) atoms. The normalized spacial score (nSPS) is 14.0. The van der Waals surface area contributed by atoms with Gasteiger partial charge in [0.2, 0.25) is 0 Å². The van der Waals surface area contributed by atoms with Crippen LogP contribution in [0.2, 0.25) is 5.02 Å². The lowest BCUT2D eigenvalue weighted by atomic mass is 9.88. The SMILES string of the molecule is CCOc1cc(C=Nn2c(C3CCCCC3)nc3ccc(Br)cc3c2=O)c(Br)c(Cl)c1OCc1ccc([N+](=O)[O-])cc1. The highest BCUT2D eigenvalue weighted by Crippen LogP contribution is 2.43. The first-order valence-corrected chi connectivity index (χ1v) is 15.5. The van der Waals surface area contributed by atoms with E-state index < -0.39 is 4.92 Å². The summed E-state index contributed by atoms with van der Waals surface area (Å²) >= 11 is 13.8. The van der Waals surface area contributed by atoms with E-state index in [9.17, 15) is 14.9 Å². The van der Waals surface area contributed by atoms with Crippen molar-refractivity contribution < 1.29 is 14.4 Å². The molecule has 0 N–H and O–H groups in total. The van der Waals surface area contributed by atoms with Gasteiger partial charge in [0, 0.05) is 32.6 Å². The van der Waals surface area contributed by atoms with Crippen LogP contribution in [0.4, 0.5) is 5.69 Å². The number of benzene rings is 3. The molecular formula is C30H27Br2ClN4O5. The van der Waals surface area contributed by atoms with E-state index in [-0.39, 0.29) is 28.8 Å². The van der Waals surface area contributed by atoms with Gasteiger partial charge in [-0.3, -0.25) is 14.9 Å². The number of nitro benzene ring substituents is 1. The van der Waals surface area contributed by atoms with Gasteiger partial charge in [-0.1, -0.05) is 46.8 Å². The van der Waals surface area contributed by atoms with Crippen LogP contribution in [0.3, 0.4) is 0 Å². The van der Waals surface area contributed by atoms with Gasteiger partial charge in [-0.15, -0.1) is 0 Å². The lowest BCUT2D eigenvalue weighted by molar-refractivity contribution is -0.384. The molecule has 0 unspecified atom stereocenters. The highest BCUT2D eigenvalue weighted by atomic mass is 79.9. The highest BCUT2D eigenvalue weighted by Gasteiger charge is 2.23. The Kier molecular flexibility index (Phi) is 9.60. The maximum atomic E-state index is 13.7. The Morgan fingerprint density at radius 1 is 1.12 bits per heavy atom. The summed E-state index contributed by atoms with van der Waals surface area (Å²) in [4.78, 5) is 29.1. The summed E-state index contributed by atoms with van der Waals surface area (Å²) in [5, 5.41) is 16.3. The van der Waals surface area contributed by atoms with Gasteiger partial charge >= 0.3 is 0 Å². The summed E-state index contributed by atoms with van der Waals surface area (Å²) in [6.07, 6.45) is 6.82. The molecule has 1 fully saturated rings. The third-order valence-corrected chi connectivity index (χ3v) is 9.04. The van der Waals surface area contributed by atoms with Crippen LogP contribution in [0.1, 0.15) is 61.9 Å². The first kappa shape index (κ1) is 30.2. The zero-order valence-corrected chi connectivity index (χ0v) is 26.6. The van der Waals surface area contributed by atoms with Crippen LogP contribution in [-0.2, 0) is 6.61 Å². The third kappa shape index (κ3) is 6.53. The summed E-state index contributed by atoms with van der Waals surface area (Å²) in [7, 11) is 0. The van der Waals surface area contributed by atoms with Crippen LogP contribution in [0.5, 0.6) is 11.5 Å². The maximum Gasteiger partial charge on any atom is 0.282 e. The van der Waals surface area contributed by atoms with Gasteiger partial charge in [0.15, 0.2) is 11.5 Å². The lowest BCUT2D eigenvalue weighted by Crippen LogP contribution is -2.25. The van der Waals surface area contributed by atoms with Crippen LogP contribution in [0.25, 0.3) is 10.9 Å². The van der Waals surface area contributed by atoms with Crippen molar-refractivity contribution >= 4 is 66.3 Å². The fourth-order valence-corrected chi connectivity index (χ4v) is 6.00. The van der Waals surface area contributed by atoms with Gasteiger partial charge in [0.25, 0.3) is 11.2 Å². The van der Waals surface area contributed by atoms with Crippen molar-refractivity contribution in [2.45, 2.75) is 51.6 Å². The quantitative estimate of drug-likeness (QED) is 0.0978. The minimum atomic E-state index is -0.453. The van der Waals surface area contributed by atoms with E-state index in [0.717, 1.165) is 35.7 Å². The van der Waals surface area contributed by atoms with E-state index in [4.69, 9.17) is 26.1 Å². The van der Waals surface area contributed by atoms with E-state index in [2.05, 4.69) is 37.0 Å². The van der Waals surface area contributed by atoms with E-state index in [1.807, 2.05) is 19.1 Å². The van der Waals surface area contributed by atoms with Gasteiger partial charge in [-0.2, -0.15) is 9.78 Å². The summed E-state index contributed by atoms with van der Waals surface area (Å²) in [5.41, 5.74) is 1.71. The summed E-state index contributed by atoms with van der Waals surface area (Å²) in [6.45, 7) is 2.33. The van der Waals surface area contributed by atoms with Gasteiger partial charge in [0.1, 0.15) is 17.5 Å². The lowest BCUT2D eigenvalue weighted by Gasteiger charge is -2.23. The van der Waals surface area contributed by atoms with Crippen molar-refractivity contribution in [3.8, 4) is 11.5 Å². The van der Waals surface area contributed by atoms with Crippen molar-refractivity contribution in [3.63, 3.8) is 0 Å². The molecule has 1 aliphatic carbocycles. The topological polar surface area (TPSA) is 109 Å². The molecule has 0 amide bonds. The molecule has 12 heteroatoms. The Balaban J connectivity index is 1.51. The number of rotatable bonds is 9. The highest BCUT2D eigenvalue weighted by molar-refractivity contribution is 9.10. The molecule has 4 aromatic rings. The van der Waals surface area contributed by atoms with Crippen molar-refractivity contribution in [1.82, 2.24) is 9.66 Å². The Bertz CT molecular complexity index is 1720. The Morgan fingerprint density at radius 2 is 1.86 bits per heavy atom. The molecule has 9 nitrogen and oxygen atoms in total. The third-order valence-electron chi connectivity index (χ3n) is 7.10. The Hall–Kier alpha value is -3.28. The molecule has 1 saturated carbocycles. The summed E-state index contributed by atoms with van der Waals surface area (Å²) in [5.74, 6) is 1.51. The summed E-state index contributed by atoms with van der Waals surface area (Å²) < 4.78 is 14.6. The molecule has 1 aromatic heterocycles. The summed E-state index contributed by atoms with van der Waals surface area (Å²) in [6, 6.07) is 13.3. The van der Waals surface area contributed by atoms with E-state index >= 15 is 0 Å². The second kappa shape index (κ2) is 13.4. The molecule has 0 bridgehead atoms. The number of aromatic nitrogens is 2. The number of hydrogen-bond acceptors (Lipinski definition) is 7. The molecule has 218 valence electrons. The van der Waals surface area contributed by atoms with E-state index in [1.54, 1.807) is 30.5 Å². The number of hydrogen-bond donors (Lipinski definition) is 0. The number of nitrogens with zero attached hydrogens (tertiary/aromatic N) is 4. The molecule has 0 saturated heterocycles. The predicted octanol–water partition coefficient (Wildman–Crippen LogP) is 8.39. The van der Waals surface area contributed by atoms with Crippen molar-refractivity contribution in [1.29, 1.82) is 0 Å². The van der Waals surface area contributed by atoms with E-state index in [1.165, 1.54) is 23.2 Å². The number of halogens is 3. The van der Waals surface area contributed by atoms with Crippen molar-refractivity contribution in [2.24, 2.45) is 5.10 Å². The second-order valence-electron chi connectivity index (χ2n) is 9.89. The smallest absolute Gasteiger partial charge is 0.282 e. The van der Waals surface area contributed by atoms with Crippen LogP contribution in [0, 0.1) is 10.1 Å². The van der Waals surface area contributed by atoms with Crippen LogP contribution < -0.4 is 15.0 Å². The molecule has 5 rings (SSSR count). The average molecular weight is 719 g/mol. The largest absolute Gasteiger partial charge is 0.490 e. The zero-order chi connectivity index (χ0) is 29.8. The standard InChI is InChI=1S/C30H27Br2ClN4O5/c1-2-41-25-14-20(26(32)27(33)28(25)42-17-18-8-11-22(12-9-18)37(39)40)16-34-36-29(19-6-4-3-5-7-19)35-24-13-10-21(31)15-23(24)30(36)38/h8-16,19H,2-7,17H2,1H3. The first-order valence-electron chi connectivity index (χ1n) is 13.5.